The van der Waals surface area contributed by atoms with E-state index in [1.165, 1.54) is 6.07 Å². The molecule has 2 N–H and O–H groups in total. The van der Waals surface area contributed by atoms with Gasteiger partial charge in [-0.25, -0.2) is 4.39 Å². The monoisotopic (exact) mass is 245 g/mol. The van der Waals surface area contributed by atoms with Crippen LogP contribution in [0.5, 0.6) is 5.75 Å². The summed E-state index contributed by atoms with van der Waals surface area (Å²) in [4.78, 5) is 0. The maximum absolute atomic E-state index is 13.6. The Kier molecular flexibility index (Phi) is 3.95. The zero-order chi connectivity index (χ0) is 13.0. The topological polar surface area (TPSA) is 32.3 Å². The minimum Gasteiger partial charge on any atom is -0.508 e. The maximum atomic E-state index is 13.6. The summed E-state index contributed by atoms with van der Waals surface area (Å²) in [6.45, 7) is 2.40. The quantitative estimate of drug-likeness (QED) is 0.865. The van der Waals surface area contributed by atoms with E-state index in [2.05, 4.69) is 5.32 Å². The molecule has 0 radical (unpaired) electrons. The van der Waals surface area contributed by atoms with Crippen molar-refractivity contribution in [2.24, 2.45) is 0 Å². The number of phenolic OH excluding ortho intramolecular Hbond substituents is 1. The van der Waals surface area contributed by atoms with E-state index in [0.29, 0.717) is 12.1 Å². The summed E-state index contributed by atoms with van der Waals surface area (Å²) in [5.41, 5.74) is 1.44. The fourth-order valence-corrected chi connectivity index (χ4v) is 1.86. The van der Waals surface area contributed by atoms with E-state index in [1.54, 1.807) is 24.3 Å². The molecule has 0 aliphatic rings. The second-order valence-electron chi connectivity index (χ2n) is 4.25. The first kappa shape index (κ1) is 12.6. The van der Waals surface area contributed by atoms with Crippen molar-refractivity contribution in [3.05, 3.63) is 65.5 Å². The molecule has 2 rings (SSSR count). The Morgan fingerprint density at radius 1 is 1.11 bits per heavy atom. The highest BCUT2D eigenvalue weighted by molar-refractivity contribution is 5.31. The van der Waals surface area contributed by atoms with Gasteiger partial charge >= 0.3 is 0 Å². The minimum atomic E-state index is -0.213. The average molecular weight is 245 g/mol. The number of aromatic hydroxyl groups is 1. The molecule has 0 aliphatic carbocycles. The molecular formula is C15H16FNO. The van der Waals surface area contributed by atoms with Crippen molar-refractivity contribution in [3.8, 4) is 5.75 Å². The molecule has 94 valence electrons. The number of phenols is 1. The van der Waals surface area contributed by atoms with Crippen molar-refractivity contribution in [1.82, 2.24) is 5.32 Å². The third-order valence-corrected chi connectivity index (χ3v) is 2.96. The summed E-state index contributed by atoms with van der Waals surface area (Å²) >= 11 is 0. The zero-order valence-corrected chi connectivity index (χ0v) is 10.2. The Hall–Kier alpha value is -1.87. The third-order valence-electron chi connectivity index (χ3n) is 2.96. The molecule has 0 aliphatic heterocycles. The molecule has 0 heterocycles. The van der Waals surface area contributed by atoms with Crippen LogP contribution < -0.4 is 5.32 Å². The standard InChI is InChI=1S/C15H16FNO/c1-11(13-7-3-4-8-14(13)16)17-10-12-6-2-5-9-15(12)18/h2-9,11,17-18H,10H2,1H3. The lowest BCUT2D eigenvalue weighted by Crippen LogP contribution is -2.19. The Balaban J connectivity index is 2.03. The van der Waals surface area contributed by atoms with Crippen LogP contribution in [0, 0.1) is 5.82 Å². The first-order chi connectivity index (χ1) is 8.68. The Morgan fingerprint density at radius 2 is 1.78 bits per heavy atom. The maximum Gasteiger partial charge on any atom is 0.127 e. The van der Waals surface area contributed by atoms with Gasteiger partial charge in [-0.15, -0.1) is 0 Å². The van der Waals surface area contributed by atoms with Gasteiger partial charge in [-0.05, 0) is 19.1 Å². The molecule has 2 aromatic rings. The van der Waals surface area contributed by atoms with Crippen LogP contribution in [0.15, 0.2) is 48.5 Å². The Morgan fingerprint density at radius 3 is 2.50 bits per heavy atom. The van der Waals surface area contributed by atoms with E-state index >= 15 is 0 Å². The van der Waals surface area contributed by atoms with Gasteiger partial charge in [0.05, 0.1) is 0 Å². The highest BCUT2D eigenvalue weighted by Crippen LogP contribution is 2.19. The first-order valence-corrected chi connectivity index (χ1v) is 5.93. The van der Waals surface area contributed by atoms with Crippen LogP contribution in [-0.2, 0) is 6.54 Å². The van der Waals surface area contributed by atoms with Gasteiger partial charge in [0.2, 0.25) is 0 Å². The van der Waals surface area contributed by atoms with Crippen molar-refractivity contribution in [3.63, 3.8) is 0 Å². The van der Waals surface area contributed by atoms with Crippen LogP contribution in [0.2, 0.25) is 0 Å². The predicted octanol–water partition coefficient (Wildman–Crippen LogP) is 3.38. The highest BCUT2D eigenvalue weighted by atomic mass is 19.1. The molecule has 0 fully saturated rings. The predicted molar refractivity (Wildman–Crippen MR) is 69.8 cm³/mol. The van der Waals surface area contributed by atoms with E-state index in [1.807, 2.05) is 25.1 Å². The van der Waals surface area contributed by atoms with Crippen LogP contribution in [0.1, 0.15) is 24.1 Å². The Labute approximate surface area is 106 Å². The average Bonchev–Trinajstić information content (AvgIpc) is 2.38. The molecule has 2 nitrogen and oxygen atoms in total. The highest BCUT2D eigenvalue weighted by Gasteiger charge is 2.10. The lowest BCUT2D eigenvalue weighted by Gasteiger charge is -2.15. The molecule has 0 saturated heterocycles. The van der Waals surface area contributed by atoms with Gasteiger partial charge in [-0.1, -0.05) is 36.4 Å². The summed E-state index contributed by atoms with van der Waals surface area (Å²) in [7, 11) is 0. The molecular weight excluding hydrogens is 229 g/mol. The first-order valence-electron chi connectivity index (χ1n) is 5.93. The molecule has 1 unspecified atom stereocenters. The van der Waals surface area contributed by atoms with Gasteiger partial charge in [0.1, 0.15) is 11.6 Å². The van der Waals surface area contributed by atoms with Crippen LogP contribution >= 0.6 is 0 Å². The molecule has 1 atom stereocenters. The smallest absolute Gasteiger partial charge is 0.127 e. The zero-order valence-electron chi connectivity index (χ0n) is 10.2. The molecule has 0 aromatic heterocycles. The van der Waals surface area contributed by atoms with Gasteiger partial charge in [0, 0.05) is 23.7 Å². The lowest BCUT2D eigenvalue weighted by molar-refractivity contribution is 0.458. The van der Waals surface area contributed by atoms with Crippen molar-refractivity contribution >= 4 is 0 Å². The molecule has 3 heteroatoms. The van der Waals surface area contributed by atoms with Crippen molar-refractivity contribution in [2.75, 3.05) is 0 Å². The number of hydrogen-bond acceptors (Lipinski definition) is 2. The van der Waals surface area contributed by atoms with Crippen molar-refractivity contribution < 1.29 is 9.50 Å². The van der Waals surface area contributed by atoms with Gasteiger partial charge in [0.15, 0.2) is 0 Å². The fraction of sp³-hybridized carbons (Fsp3) is 0.200. The summed E-state index contributed by atoms with van der Waals surface area (Å²) < 4.78 is 13.6. The van der Waals surface area contributed by atoms with E-state index in [0.717, 1.165) is 5.56 Å². The normalized spacial score (nSPS) is 12.3. The summed E-state index contributed by atoms with van der Waals surface area (Å²) in [6, 6.07) is 13.7. The van der Waals surface area contributed by atoms with Crippen LogP contribution in [0.4, 0.5) is 4.39 Å². The van der Waals surface area contributed by atoms with Crippen LogP contribution in [0.3, 0.4) is 0 Å². The number of hydrogen-bond donors (Lipinski definition) is 2. The van der Waals surface area contributed by atoms with Gasteiger partial charge in [-0.3, -0.25) is 0 Å². The summed E-state index contributed by atoms with van der Waals surface area (Å²) in [5, 5.41) is 12.8. The summed E-state index contributed by atoms with van der Waals surface area (Å²) in [5.74, 6) is 0.0421. The number of para-hydroxylation sites is 1. The van der Waals surface area contributed by atoms with E-state index in [-0.39, 0.29) is 17.6 Å². The molecule has 0 saturated carbocycles. The number of nitrogens with one attached hydrogen (secondary N) is 1. The lowest BCUT2D eigenvalue weighted by atomic mass is 10.1. The van der Waals surface area contributed by atoms with Crippen LogP contribution in [0.25, 0.3) is 0 Å². The number of halogens is 1. The fourth-order valence-electron chi connectivity index (χ4n) is 1.86. The Bertz CT molecular complexity index is 527. The molecule has 18 heavy (non-hydrogen) atoms. The second kappa shape index (κ2) is 5.65. The minimum absolute atomic E-state index is 0.106. The number of rotatable bonds is 4. The van der Waals surface area contributed by atoms with Crippen LogP contribution in [-0.4, -0.2) is 5.11 Å². The number of benzene rings is 2. The summed E-state index contributed by atoms with van der Waals surface area (Å²) in [6.07, 6.45) is 0. The van der Waals surface area contributed by atoms with Gasteiger partial charge < -0.3 is 10.4 Å². The molecule has 0 amide bonds. The molecule has 0 spiro atoms. The van der Waals surface area contributed by atoms with E-state index < -0.39 is 0 Å². The SMILES string of the molecule is CC(NCc1ccccc1O)c1ccccc1F. The van der Waals surface area contributed by atoms with Gasteiger partial charge in [-0.2, -0.15) is 0 Å². The third kappa shape index (κ3) is 2.87. The van der Waals surface area contributed by atoms with Crippen molar-refractivity contribution in [2.45, 2.75) is 19.5 Å². The molecule has 0 bridgehead atoms. The van der Waals surface area contributed by atoms with E-state index in [4.69, 9.17) is 0 Å². The second-order valence-corrected chi connectivity index (χ2v) is 4.25. The van der Waals surface area contributed by atoms with Gasteiger partial charge in [0.25, 0.3) is 0 Å². The van der Waals surface area contributed by atoms with Crippen molar-refractivity contribution in [1.29, 1.82) is 0 Å². The molecule has 2 aromatic carbocycles. The largest absolute Gasteiger partial charge is 0.508 e. The van der Waals surface area contributed by atoms with E-state index in [9.17, 15) is 9.50 Å².